The van der Waals surface area contributed by atoms with Gasteiger partial charge in [0.15, 0.2) is 0 Å². The predicted octanol–water partition coefficient (Wildman–Crippen LogP) is 3.06. The summed E-state index contributed by atoms with van der Waals surface area (Å²) in [5.74, 6) is 0. The van der Waals surface area contributed by atoms with Gasteiger partial charge in [-0.3, -0.25) is 0 Å². The molecule has 0 unspecified atom stereocenters. The Labute approximate surface area is 227 Å². The molecule has 0 saturated carbocycles. The molecular weight excluding hydrogens is 630 g/mol. The Morgan fingerprint density at radius 3 is 0.943 bits per heavy atom. The first-order valence-electron chi connectivity index (χ1n) is 11.3. The SMILES string of the molecule is CC(C)(C)c1nn([BH-](n2cc(C#N)c(C(C)(C)C)n2)n2cc(C#N)c(C(C)(C)C)n2)cc1C#N.[Tl+]. The van der Waals surface area contributed by atoms with Gasteiger partial charge in [-0.2, -0.15) is 15.8 Å². The van der Waals surface area contributed by atoms with E-state index in [1.54, 1.807) is 32.4 Å². The molecule has 3 heterocycles. The van der Waals surface area contributed by atoms with Gasteiger partial charge in [-0.15, -0.1) is 0 Å². The first-order valence-corrected chi connectivity index (χ1v) is 11.3. The van der Waals surface area contributed by atoms with Crippen LogP contribution in [0.3, 0.4) is 0 Å². The second-order valence-corrected chi connectivity index (χ2v) is 11.8. The summed E-state index contributed by atoms with van der Waals surface area (Å²) < 4.78 is 5.13. The van der Waals surface area contributed by atoms with Gasteiger partial charge >= 0.3 is 34.4 Å². The molecule has 0 amide bonds. The van der Waals surface area contributed by atoms with E-state index in [-0.39, 0.29) is 43.5 Å². The summed E-state index contributed by atoms with van der Waals surface area (Å²) in [6, 6.07) is 6.75. The Hall–Kier alpha value is -2.91. The van der Waals surface area contributed by atoms with Crippen molar-refractivity contribution in [1.29, 1.82) is 15.8 Å². The Morgan fingerprint density at radius 1 is 0.571 bits per heavy atom. The molecule has 0 radical (unpaired) electrons. The van der Waals surface area contributed by atoms with E-state index in [4.69, 9.17) is 15.3 Å². The van der Waals surface area contributed by atoms with Crippen molar-refractivity contribution in [3.63, 3.8) is 0 Å². The molecule has 9 nitrogen and oxygen atoms in total. The van der Waals surface area contributed by atoms with Crippen LogP contribution in [0.2, 0.25) is 0 Å². The summed E-state index contributed by atoms with van der Waals surface area (Å²) in [5.41, 5.74) is 2.36. The smallest absolute Gasteiger partial charge is 0.401 e. The molecule has 0 aromatic carbocycles. The fourth-order valence-electron chi connectivity index (χ4n) is 4.05. The Kier molecular flexibility index (Phi) is 7.78. The number of rotatable bonds is 3. The number of aromatic nitrogens is 6. The molecule has 178 valence electrons. The van der Waals surface area contributed by atoms with Crippen molar-refractivity contribution in [3.05, 3.63) is 52.4 Å². The van der Waals surface area contributed by atoms with Gasteiger partial charge in [0.05, 0.1) is 33.8 Å². The van der Waals surface area contributed by atoms with Crippen LogP contribution in [0, 0.1) is 34.0 Å². The van der Waals surface area contributed by atoms with Crippen molar-refractivity contribution in [2.24, 2.45) is 0 Å². The van der Waals surface area contributed by atoms with Crippen molar-refractivity contribution >= 4 is 34.4 Å². The van der Waals surface area contributed by atoms with Crippen LogP contribution in [0.4, 0.5) is 0 Å². The van der Waals surface area contributed by atoms with E-state index in [0.29, 0.717) is 33.8 Å². The molecule has 0 aliphatic rings. The number of nitriles is 3. The third kappa shape index (κ3) is 5.51. The molecule has 0 aliphatic carbocycles. The van der Waals surface area contributed by atoms with Gasteiger partial charge in [0.2, 0.25) is 0 Å². The number of nitrogens with zero attached hydrogens (tertiary/aromatic N) is 9. The first kappa shape index (κ1) is 28.3. The van der Waals surface area contributed by atoms with Crippen LogP contribution in [0.25, 0.3) is 0 Å². The largest absolute Gasteiger partial charge is 1.00 e. The minimum atomic E-state index is -1.88. The molecule has 35 heavy (non-hydrogen) atoms. The standard InChI is InChI=1S/C24H31BN9.Tl/c1-22(2,3)19-16(10-26)13-32(29-19)25(33-14-17(11-27)20(30-33)23(4,5)6)34-15-18(12-28)21(31-34)24(7,8)9;/h13-15,25H,1-9H3;/q-1;+1. The summed E-state index contributed by atoms with van der Waals surface area (Å²) in [7, 11) is -1.88. The number of hydrogen-bond donors (Lipinski definition) is 0. The van der Waals surface area contributed by atoms with Crippen LogP contribution < -0.4 is 0 Å². The van der Waals surface area contributed by atoms with Gasteiger partial charge in [0.1, 0.15) is 18.2 Å². The van der Waals surface area contributed by atoms with E-state index in [2.05, 4.69) is 18.2 Å². The molecule has 0 spiro atoms. The second-order valence-electron chi connectivity index (χ2n) is 11.8. The van der Waals surface area contributed by atoms with E-state index in [1.165, 1.54) is 0 Å². The molecule has 0 atom stereocenters. The van der Waals surface area contributed by atoms with Gasteiger partial charge in [0.25, 0.3) is 0 Å². The van der Waals surface area contributed by atoms with Gasteiger partial charge in [-0.1, -0.05) is 62.3 Å². The van der Waals surface area contributed by atoms with Crippen LogP contribution in [-0.2, 0) is 16.2 Å². The van der Waals surface area contributed by atoms with Crippen molar-refractivity contribution in [1.82, 2.24) is 29.1 Å². The molecule has 0 saturated heterocycles. The van der Waals surface area contributed by atoms with Crippen LogP contribution in [0.5, 0.6) is 0 Å². The molecule has 0 N–H and O–H groups in total. The Bertz CT molecular complexity index is 1190. The molecule has 3 rings (SSSR count). The molecule has 3 aromatic rings. The van der Waals surface area contributed by atoms with Crippen LogP contribution in [-0.4, -0.2) is 63.5 Å². The van der Waals surface area contributed by atoms with Crippen LogP contribution in [0.15, 0.2) is 18.6 Å². The second kappa shape index (κ2) is 9.62. The first-order chi connectivity index (χ1) is 15.6. The molecule has 11 heteroatoms. The minimum absolute atomic E-state index is 0. The van der Waals surface area contributed by atoms with E-state index in [9.17, 15) is 15.8 Å². The summed E-state index contributed by atoms with van der Waals surface area (Å²) in [4.78, 5) is 0. The molecule has 0 bridgehead atoms. The third-order valence-electron chi connectivity index (χ3n) is 5.65. The molecular formula is C24H31BN9Tl. The Morgan fingerprint density at radius 2 is 0.800 bits per heavy atom. The fourth-order valence-corrected chi connectivity index (χ4v) is 4.05. The number of hydrogen-bond acceptors (Lipinski definition) is 6. The summed E-state index contributed by atoms with van der Waals surface area (Å²) >= 11 is 0. The monoisotopic (exact) mass is 661 g/mol. The maximum absolute atomic E-state index is 9.78. The van der Waals surface area contributed by atoms with Gasteiger partial charge in [-0.05, 0) is 0 Å². The maximum Gasteiger partial charge on any atom is 1.00 e. The van der Waals surface area contributed by atoms with Crippen LogP contribution >= 0.6 is 0 Å². The van der Waals surface area contributed by atoms with Gasteiger partial charge in [0, 0.05) is 34.8 Å². The van der Waals surface area contributed by atoms with Gasteiger partial charge < -0.3 is 13.8 Å². The topological polar surface area (TPSA) is 125 Å². The molecule has 0 aliphatic heterocycles. The fraction of sp³-hybridized carbons (Fsp3) is 0.500. The van der Waals surface area contributed by atoms with Crippen molar-refractivity contribution < 1.29 is 0 Å². The molecule has 3 aromatic heterocycles. The quantitative estimate of drug-likeness (QED) is 0.398. The van der Waals surface area contributed by atoms with E-state index in [1.807, 2.05) is 62.3 Å². The zero-order valence-corrected chi connectivity index (χ0v) is 26.5. The summed E-state index contributed by atoms with van der Waals surface area (Å²) in [5, 5.41) is 43.7. The van der Waals surface area contributed by atoms with E-state index < -0.39 is 7.12 Å². The van der Waals surface area contributed by atoms with Crippen LogP contribution in [0.1, 0.15) is 96.1 Å². The van der Waals surface area contributed by atoms with Gasteiger partial charge in [-0.25, -0.2) is 15.3 Å². The summed E-state index contributed by atoms with van der Waals surface area (Å²) in [6.07, 6.45) is 5.11. The zero-order valence-electron chi connectivity index (χ0n) is 22.0. The Balaban J connectivity index is 0.00000432. The minimum Gasteiger partial charge on any atom is -0.401 e. The zero-order chi connectivity index (χ0) is 25.6. The molecule has 0 fully saturated rings. The average Bonchev–Trinajstić information content (AvgIpc) is 3.43. The van der Waals surface area contributed by atoms with Crippen molar-refractivity contribution in [3.8, 4) is 18.2 Å². The van der Waals surface area contributed by atoms with Crippen molar-refractivity contribution in [2.75, 3.05) is 0 Å². The third-order valence-corrected chi connectivity index (χ3v) is 5.65. The average molecular weight is 661 g/mol. The van der Waals surface area contributed by atoms with Crippen molar-refractivity contribution in [2.45, 2.75) is 78.6 Å². The normalized spacial score (nSPS) is 12.1. The summed E-state index contributed by atoms with van der Waals surface area (Å²) in [6.45, 7) is 18.0. The maximum atomic E-state index is 9.78. The van der Waals surface area contributed by atoms with E-state index in [0.717, 1.165) is 0 Å². The van der Waals surface area contributed by atoms with E-state index >= 15 is 0 Å². The predicted molar refractivity (Wildman–Crippen MR) is 136 cm³/mol.